The van der Waals surface area contributed by atoms with Crippen molar-refractivity contribution in [2.45, 2.75) is 161 Å². The topological polar surface area (TPSA) is 143 Å². The van der Waals surface area contributed by atoms with Gasteiger partial charge in [-0.05, 0) is 38.0 Å². The zero-order chi connectivity index (χ0) is 32.6. The Labute approximate surface area is 266 Å². The number of ether oxygens (including phenoxy) is 3. The monoisotopic (exact) mass is 626 g/mol. The standard InChI is InChI=1S/C35H62O9/c1-4-5-12-18-28(36)22-23-32-30(31(38)24-35(41)44-32)19-14-10-11-16-21-34(40)43-26-29(37)25-42-33(39)20-15-9-7-6-8-13-17-27(2)3/h10,14,22-23,27-32,35-38,41H,4-9,11-13,15-21,24-26H2,1-3H3/b14-10-,23-22+/t28-,29+,30-,31-,32+,35?/m0/s1. The summed E-state index contributed by atoms with van der Waals surface area (Å²) in [6, 6.07) is 0. The predicted molar refractivity (Wildman–Crippen MR) is 172 cm³/mol. The molecule has 6 atom stereocenters. The van der Waals surface area contributed by atoms with Crippen LogP contribution in [0.15, 0.2) is 24.3 Å². The van der Waals surface area contributed by atoms with E-state index in [1.807, 2.05) is 12.2 Å². The molecule has 0 saturated carbocycles. The first-order valence-corrected chi connectivity index (χ1v) is 17.1. The maximum absolute atomic E-state index is 12.0. The fraction of sp³-hybridized carbons (Fsp3) is 0.829. The van der Waals surface area contributed by atoms with Crippen LogP contribution in [0.2, 0.25) is 0 Å². The van der Waals surface area contributed by atoms with Crippen LogP contribution in [-0.2, 0) is 23.8 Å². The molecule has 9 nitrogen and oxygen atoms in total. The van der Waals surface area contributed by atoms with E-state index in [1.54, 1.807) is 12.2 Å². The van der Waals surface area contributed by atoms with Gasteiger partial charge in [0.2, 0.25) is 0 Å². The van der Waals surface area contributed by atoms with Crippen molar-refractivity contribution in [2.24, 2.45) is 11.8 Å². The van der Waals surface area contributed by atoms with Gasteiger partial charge in [0.25, 0.3) is 0 Å². The lowest BCUT2D eigenvalue weighted by Crippen LogP contribution is -2.43. The summed E-state index contributed by atoms with van der Waals surface area (Å²) in [4.78, 5) is 23.9. The van der Waals surface area contributed by atoms with Gasteiger partial charge in [-0.1, -0.05) is 103 Å². The zero-order valence-electron chi connectivity index (χ0n) is 27.6. The molecule has 0 aromatic carbocycles. The fourth-order valence-electron chi connectivity index (χ4n) is 5.19. The Bertz CT molecular complexity index is 797. The first-order valence-electron chi connectivity index (χ1n) is 17.1. The number of allylic oxidation sites excluding steroid dienone is 2. The molecule has 0 amide bonds. The number of hydrogen-bond donors (Lipinski definition) is 4. The molecule has 0 bridgehead atoms. The van der Waals surface area contributed by atoms with E-state index in [1.165, 1.54) is 25.7 Å². The number of carbonyl (C=O) groups excluding carboxylic acids is 2. The molecule has 4 N–H and O–H groups in total. The van der Waals surface area contributed by atoms with E-state index in [0.29, 0.717) is 32.1 Å². The van der Waals surface area contributed by atoms with E-state index < -0.39 is 36.7 Å². The summed E-state index contributed by atoms with van der Waals surface area (Å²) >= 11 is 0. The van der Waals surface area contributed by atoms with Crippen molar-refractivity contribution in [3.63, 3.8) is 0 Å². The number of unbranched alkanes of at least 4 members (excludes halogenated alkanes) is 8. The average molecular weight is 627 g/mol. The predicted octanol–water partition coefficient (Wildman–Crippen LogP) is 5.91. The van der Waals surface area contributed by atoms with Gasteiger partial charge < -0.3 is 34.6 Å². The van der Waals surface area contributed by atoms with Gasteiger partial charge in [-0.25, -0.2) is 0 Å². The van der Waals surface area contributed by atoms with E-state index in [-0.39, 0.29) is 37.9 Å². The second-order valence-corrected chi connectivity index (χ2v) is 12.6. The van der Waals surface area contributed by atoms with Crippen LogP contribution in [0, 0.1) is 11.8 Å². The van der Waals surface area contributed by atoms with Gasteiger partial charge in [-0.15, -0.1) is 0 Å². The van der Waals surface area contributed by atoms with Crippen molar-refractivity contribution in [3.8, 4) is 0 Å². The van der Waals surface area contributed by atoms with E-state index in [4.69, 9.17) is 14.2 Å². The number of esters is 2. The molecule has 1 aliphatic heterocycles. The first-order chi connectivity index (χ1) is 21.1. The Morgan fingerprint density at radius 2 is 1.45 bits per heavy atom. The largest absolute Gasteiger partial charge is 0.463 e. The minimum absolute atomic E-state index is 0.136. The average Bonchev–Trinajstić information content (AvgIpc) is 2.97. The number of aliphatic hydroxyl groups excluding tert-OH is 4. The Morgan fingerprint density at radius 3 is 2.11 bits per heavy atom. The van der Waals surface area contributed by atoms with Crippen molar-refractivity contribution >= 4 is 11.9 Å². The van der Waals surface area contributed by atoms with Gasteiger partial charge in [0, 0.05) is 25.2 Å². The molecule has 1 heterocycles. The highest BCUT2D eigenvalue weighted by atomic mass is 16.6. The summed E-state index contributed by atoms with van der Waals surface area (Å²) in [7, 11) is 0. The highest BCUT2D eigenvalue weighted by Crippen LogP contribution is 2.29. The normalized spacial score (nSPS) is 22.1. The minimum Gasteiger partial charge on any atom is -0.463 e. The molecule has 256 valence electrons. The molecule has 0 aromatic heterocycles. The quantitative estimate of drug-likeness (QED) is 0.0553. The van der Waals surface area contributed by atoms with E-state index >= 15 is 0 Å². The first kappa shape index (κ1) is 40.2. The van der Waals surface area contributed by atoms with Crippen molar-refractivity contribution in [2.75, 3.05) is 13.2 Å². The van der Waals surface area contributed by atoms with Crippen LogP contribution in [-0.4, -0.2) is 76.3 Å². The summed E-state index contributed by atoms with van der Waals surface area (Å²) < 4.78 is 15.8. The highest BCUT2D eigenvalue weighted by Gasteiger charge is 2.35. The van der Waals surface area contributed by atoms with Crippen LogP contribution in [0.3, 0.4) is 0 Å². The van der Waals surface area contributed by atoms with E-state index in [0.717, 1.165) is 44.4 Å². The molecule has 44 heavy (non-hydrogen) atoms. The van der Waals surface area contributed by atoms with Gasteiger partial charge in [0.15, 0.2) is 6.29 Å². The molecular formula is C35H62O9. The van der Waals surface area contributed by atoms with Crippen LogP contribution < -0.4 is 0 Å². The molecule has 1 aliphatic rings. The van der Waals surface area contributed by atoms with Crippen molar-refractivity contribution < 1.29 is 44.2 Å². The van der Waals surface area contributed by atoms with Crippen molar-refractivity contribution in [1.82, 2.24) is 0 Å². The van der Waals surface area contributed by atoms with Crippen LogP contribution in [0.4, 0.5) is 0 Å². The molecule has 1 rings (SSSR count). The van der Waals surface area contributed by atoms with Crippen molar-refractivity contribution in [3.05, 3.63) is 24.3 Å². The molecule has 0 spiro atoms. The third-order valence-corrected chi connectivity index (χ3v) is 7.91. The Balaban J connectivity index is 2.18. The van der Waals surface area contributed by atoms with E-state index in [2.05, 4.69) is 20.8 Å². The minimum atomic E-state index is -1.05. The third kappa shape index (κ3) is 21.0. The van der Waals surface area contributed by atoms with Gasteiger partial charge in [0.1, 0.15) is 19.3 Å². The van der Waals surface area contributed by atoms with Crippen LogP contribution in [0.5, 0.6) is 0 Å². The van der Waals surface area contributed by atoms with E-state index in [9.17, 15) is 30.0 Å². The molecule has 0 radical (unpaired) electrons. The van der Waals surface area contributed by atoms with Crippen LogP contribution in [0.1, 0.15) is 130 Å². The Hall–Kier alpha value is -1.78. The number of aliphatic hydroxyl groups is 4. The molecule has 0 aliphatic carbocycles. The fourth-order valence-corrected chi connectivity index (χ4v) is 5.19. The lowest BCUT2D eigenvalue weighted by molar-refractivity contribution is -0.199. The maximum Gasteiger partial charge on any atom is 0.305 e. The number of hydrogen-bond acceptors (Lipinski definition) is 9. The third-order valence-electron chi connectivity index (χ3n) is 7.91. The molecular weight excluding hydrogens is 564 g/mol. The summed E-state index contributed by atoms with van der Waals surface area (Å²) in [6.45, 7) is 6.18. The maximum atomic E-state index is 12.0. The molecule has 0 aromatic rings. The van der Waals surface area contributed by atoms with Crippen LogP contribution >= 0.6 is 0 Å². The highest BCUT2D eigenvalue weighted by molar-refractivity contribution is 5.69. The SMILES string of the molecule is CCCCC[C@H](O)/C=C/[C@H]1OC(O)C[C@H](O)[C@@H]1C/C=C\CCCC(=O)OC[C@H](O)COC(=O)CCCCCCCCC(C)C. The van der Waals surface area contributed by atoms with Crippen LogP contribution in [0.25, 0.3) is 0 Å². The smallest absolute Gasteiger partial charge is 0.305 e. The summed E-state index contributed by atoms with van der Waals surface area (Å²) in [5.74, 6) is -0.264. The Kier molecular flexibility index (Phi) is 23.2. The zero-order valence-corrected chi connectivity index (χ0v) is 27.6. The molecule has 9 heteroatoms. The molecule has 1 saturated heterocycles. The Morgan fingerprint density at radius 1 is 0.841 bits per heavy atom. The molecule has 1 fully saturated rings. The number of rotatable bonds is 25. The van der Waals surface area contributed by atoms with Gasteiger partial charge in [-0.2, -0.15) is 0 Å². The summed E-state index contributed by atoms with van der Waals surface area (Å²) in [5, 5.41) is 40.6. The lowest BCUT2D eigenvalue weighted by Gasteiger charge is -2.36. The second-order valence-electron chi connectivity index (χ2n) is 12.6. The van der Waals surface area contributed by atoms with Crippen molar-refractivity contribution in [1.29, 1.82) is 0 Å². The second kappa shape index (κ2) is 25.4. The lowest BCUT2D eigenvalue weighted by atomic mass is 9.87. The van der Waals surface area contributed by atoms with Gasteiger partial charge in [-0.3, -0.25) is 9.59 Å². The van der Waals surface area contributed by atoms with Gasteiger partial charge >= 0.3 is 11.9 Å². The molecule has 1 unspecified atom stereocenters. The number of carbonyl (C=O) groups is 2. The summed E-state index contributed by atoms with van der Waals surface area (Å²) in [5.41, 5.74) is 0. The van der Waals surface area contributed by atoms with Gasteiger partial charge in [0.05, 0.1) is 18.3 Å². The summed E-state index contributed by atoms with van der Waals surface area (Å²) in [6.07, 6.45) is 17.4.